The number of halogens is 2. The summed E-state index contributed by atoms with van der Waals surface area (Å²) in [6.45, 7) is 12.2. The van der Waals surface area contributed by atoms with E-state index in [0.717, 1.165) is 0 Å². The molecule has 1 saturated heterocycles. The van der Waals surface area contributed by atoms with Crippen molar-refractivity contribution in [3.05, 3.63) is 47.5 Å². The van der Waals surface area contributed by atoms with E-state index >= 15 is 4.39 Å². The van der Waals surface area contributed by atoms with E-state index in [1.165, 1.54) is 17.8 Å². The highest BCUT2D eigenvalue weighted by Crippen LogP contribution is 2.36. The highest BCUT2D eigenvalue weighted by Gasteiger charge is 2.48. The molecule has 0 bridgehead atoms. The number of Topliss-reactive ketones (excluding diaryl/α,β-unsaturated/α-hetero) is 1. The molecular formula is C33H41ClFN5O9. The molecule has 266 valence electrons. The summed E-state index contributed by atoms with van der Waals surface area (Å²) in [5.74, 6) is -1.80. The minimum atomic E-state index is -1.99. The van der Waals surface area contributed by atoms with Crippen LogP contribution in [-0.2, 0) is 39.7 Å². The van der Waals surface area contributed by atoms with E-state index in [0.29, 0.717) is 10.5 Å². The molecule has 1 aliphatic heterocycles. The van der Waals surface area contributed by atoms with Crippen LogP contribution in [0.5, 0.6) is 0 Å². The van der Waals surface area contributed by atoms with Crippen molar-refractivity contribution in [2.24, 2.45) is 0 Å². The second-order valence-electron chi connectivity index (χ2n) is 13.4. The average molecular weight is 706 g/mol. The quantitative estimate of drug-likeness (QED) is 0.106. The molecule has 2 aromatic heterocycles. The van der Waals surface area contributed by atoms with Gasteiger partial charge in [-0.1, -0.05) is 30.3 Å². The Morgan fingerprint density at radius 2 is 1.63 bits per heavy atom. The van der Waals surface area contributed by atoms with Crippen LogP contribution in [0.2, 0.25) is 5.28 Å². The zero-order valence-electron chi connectivity index (χ0n) is 28.7. The number of hydrogen-bond donors (Lipinski definition) is 0. The van der Waals surface area contributed by atoms with Crippen LogP contribution in [0.4, 0.5) is 19.8 Å². The molecule has 1 fully saturated rings. The Kier molecular flexibility index (Phi) is 11.3. The highest BCUT2D eigenvalue weighted by atomic mass is 35.5. The molecule has 0 aliphatic carbocycles. The molecule has 2 amide bonds. The lowest BCUT2D eigenvalue weighted by Gasteiger charge is -2.30. The van der Waals surface area contributed by atoms with Crippen LogP contribution >= 0.6 is 11.6 Å². The van der Waals surface area contributed by atoms with Gasteiger partial charge < -0.3 is 23.7 Å². The summed E-state index contributed by atoms with van der Waals surface area (Å²) in [4.78, 5) is 65.9. The molecule has 1 aliphatic rings. The number of alkyl halides is 1. The Morgan fingerprint density at radius 1 is 1.02 bits per heavy atom. The number of esters is 1. The van der Waals surface area contributed by atoms with Gasteiger partial charge in [0, 0.05) is 12.8 Å². The monoisotopic (exact) mass is 705 g/mol. The lowest BCUT2D eigenvalue weighted by molar-refractivity contribution is -0.181. The first-order valence-electron chi connectivity index (χ1n) is 15.7. The van der Waals surface area contributed by atoms with Crippen molar-refractivity contribution in [3.8, 4) is 0 Å². The van der Waals surface area contributed by atoms with Crippen molar-refractivity contribution >= 4 is 52.5 Å². The number of anilines is 1. The Hall–Kier alpha value is -4.21. The van der Waals surface area contributed by atoms with Gasteiger partial charge in [-0.15, -0.1) is 0 Å². The molecular weight excluding hydrogens is 665 g/mol. The minimum absolute atomic E-state index is 0.0139. The van der Waals surface area contributed by atoms with Gasteiger partial charge in [0.05, 0.1) is 25.6 Å². The third-order valence-electron chi connectivity index (χ3n) is 7.13. The molecule has 14 nitrogen and oxygen atoms in total. The lowest BCUT2D eigenvalue weighted by Crippen LogP contribution is -2.52. The summed E-state index contributed by atoms with van der Waals surface area (Å²) >= 11 is 6.27. The first-order chi connectivity index (χ1) is 22.8. The number of carbonyl (C=O) groups is 4. The number of rotatable bonds is 10. The summed E-state index contributed by atoms with van der Waals surface area (Å²) < 4.78 is 45.1. The first-order valence-corrected chi connectivity index (χ1v) is 16.0. The number of aromatic nitrogens is 4. The van der Waals surface area contributed by atoms with E-state index in [-0.39, 0.29) is 43.0 Å². The molecule has 1 unspecified atom stereocenters. The van der Waals surface area contributed by atoms with Crippen molar-refractivity contribution < 1.29 is 47.3 Å². The SMILES string of the molecule is CCOC(=O)C(Cc1ccccc1)(OC[C@@H]1C[C@H](F)[C@H](n2cnc3c(N(C(=O)OC(C)(C)C)C(=O)OC(C)(C)C)nc(Cl)nc32)O1)C(C)=O. The van der Waals surface area contributed by atoms with Gasteiger partial charge in [-0.2, -0.15) is 14.9 Å². The summed E-state index contributed by atoms with van der Waals surface area (Å²) in [5, 5.41) is -0.392. The summed E-state index contributed by atoms with van der Waals surface area (Å²) in [6.07, 6.45) is -5.19. The van der Waals surface area contributed by atoms with Crippen LogP contribution in [0.25, 0.3) is 11.2 Å². The van der Waals surface area contributed by atoms with E-state index < -0.39 is 64.5 Å². The fourth-order valence-corrected chi connectivity index (χ4v) is 5.21. The van der Waals surface area contributed by atoms with Crippen LogP contribution in [0.1, 0.15) is 73.6 Å². The van der Waals surface area contributed by atoms with E-state index in [1.807, 2.05) is 0 Å². The van der Waals surface area contributed by atoms with Gasteiger partial charge in [-0.25, -0.2) is 23.8 Å². The van der Waals surface area contributed by atoms with E-state index in [9.17, 15) is 19.2 Å². The molecule has 0 spiro atoms. The van der Waals surface area contributed by atoms with Crippen LogP contribution in [0.3, 0.4) is 0 Å². The van der Waals surface area contributed by atoms with Crippen molar-refractivity contribution in [3.63, 3.8) is 0 Å². The van der Waals surface area contributed by atoms with Gasteiger partial charge in [-0.3, -0.25) is 9.36 Å². The third-order valence-corrected chi connectivity index (χ3v) is 7.30. The standard InChI is InChI=1S/C33H41ClFN5O9/c1-9-45-27(42)33(19(2)41,16-20-13-11-10-12-14-20)46-17-21-15-22(35)26(47-21)39-18-36-23-24(39)37-28(34)38-25(23)40(29(43)48-31(3,4)5)30(44)49-32(6,7)8/h10-14,18,21-22,26H,9,15-17H2,1-8H3/t21-,22-,26+,33?/m0/s1. The number of ketones is 1. The van der Waals surface area contributed by atoms with Gasteiger partial charge in [-0.05, 0) is 72.6 Å². The van der Waals surface area contributed by atoms with Gasteiger partial charge in [0.25, 0.3) is 0 Å². The Balaban J connectivity index is 1.65. The number of fused-ring (bicyclic) bond motifs is 1. The number of imidazole rings is 1. The van der Waals surface area contributed by atoms with Crippen LogP contribution in [-0.4, -0.2) is 85.8 Å². The maximum Gasteiger partial charge on any atom is 0.425 e. The molecule has 0 N–H and O–H groups in total. The predicted molar refractivity (Wildman–Crippen MR) is 175 cm³/mol. The lowest BCUT2D eigenvalue weighted by atomic mass is 9.90. The van der Waals surface area contributed by atoms with Gasteiger partial charge in [0.1, 0.15) is 17.4 Å². The molecule has 0 saturated carbocycles. The Morgan fingerprint density at radius 3 is 2.18 bits per heavy atom. The zero-order chi connectivity index (χ0) is 36.3. The maximum atomic E-state index is 15.7. The number of amides is 2. The van der Waals surface area contributed by atoms with E-state index in [4.69, 9.17) is 35.3 Å². The summed E-state index contributed by atoms with van der Waals surface area (Å²) in [5.41, 5.74) is -3.50. The number of imide groups is 1. The normalized spacial score (nSPS) is 19.3. The molecule has 3 aromatic rings. The smallest absolute Gasteiger partial charge is 0.425 e. The zero-order valence-corrected chi connectivity index (χ0v) is 29.4. The predicted octanol–water partition coefficient (Wildman–Crippen LogP) is 5.93. The first kappa shape index (κ1) is 37.6. The van der Waals surface area contributed by atoms with Gasteiger partial charge >= 0.3 is 18.2 Å². The van der Waals surface area contributed by atoms with E-state index in [2.05, 4.69) is 15.0 Å². The fourth-order valence-electron chi connectivity index (χ4n) is 5.05. The average Bonchev–Trinajstić information content (AvgIpc) is 3.56. The number of carbonyl (C=O) groups excluding carboxylic acids is 4. The second kappa shape index (κ2) is 14.7. The molecule has 4 rings (SSSR count). The fraction of sp³-hybridized carbons (Fsp3) is 0.545. The topological polar surface area (TPSA) is 161 Å². The molecule has 0 radical (unpaired) electrons. The van der Waals surface area contributed by atoms with Gasteiger partial charge in [0.2, 0.25) is 10.9 Å². The number of ether oxygens (including phenoxy) is 5. The minimum Gasteiger partial charge on any atom is -0.463 e. The van der Waals surface area contributed by atoms with Crippen LogP contribution < -0.4 is 4.90 Å². The Labute approximate surface area is 288 Å². The highest BCUT2D eigenvalue weighted by molar-refractivity contribution is 6.29. The maximum absolute atomic E-state index is 15.7. The second-order valence-corrected chi connectivity index (χ2v) is 13.8. The summed E-state index contributed by atoms with van der Waals surface area (Å²) in [6, 6.07) is 8.82. The van der Waals surface area contributed by atoms with Crippen molar-refractivity contribution in [1.82, 2.24) is 19.5 Å². The molecule has 16 heteroatoms. The number of benzene rings is 1. The van der Waals surface area contributed by atoms with Crippen LogP contribution in [0.15, 0.2) is 36.7 Å². The molecule has 49 heavy (non-hydrogen) atoms. The van der Waals surface area contributed by atoms with E-state index in [1.54, 1.807) is 78.8 Å². The van der Waals surface area contributed by atoms with Crippen molar-refractivity contribution in [2.45, 2.75) is 104 Å². The molecule has 3 heterocycles. The Bertz CT molecular complexity index is 1660. The van der Waals surface area contributed by atoms with Gasteiger partial charge in [0.15, 0.2) is 29.0 Å². The summed E-state index contributed by atoms with van der Waals surface area (Å²) in [7, 11) is 0. The number of nitrogens with zero attached hydrogens (tertiary/aromatic N) is 5. The molecule has 4 atom stereocenters. The van der Waals surface area contributed by atoms with Crippen molar-refractivity contribution in [1.29, 1.82) is 0 Å². The van der Waals surface area contributed by atoms with Crippen molar-refractivity contribution in [2.75, 3.05) is 18.1 Å². The third kappa shape index (κ3) is 8.88. The largest absolute Gasteiger partial charge is 0.463 e. The van der Waals surface area contributed by atoms with Crippen LogP contribution in [0, 0.1) is 0 Å². The number of hydrogen-bond acceptors (Lipinski definition) is 12. The molecule has 1 aromatic carbocycles.